The fourth-order valence-electron chi connectivity index (χ4n) is 2.45. The molecule has 0 amide bonds. The van der Waals surface area contributed by atoms with Crippen molar-refractivity contribution in [3.05, 3.63) is 81.1 Å². The number of para-hydroxylation sites is 1. The van der Waals surface area contributed by atoms with Crippen molar-refractivity contribution in [2.45, 2.75) is 20.5 Å². The highest BCUT2D eigenvalue weighted by Gasteiger charge is 2.10. The number of rotatable bonds is 3. The number of ether oxygens (including phenoxy) is 1. The number of aromatic amines is 1. The van der Waals surface area contributed by atoms with Crippen molar-refractivity contribution in [1.82, 2.24) is 4.98 Å². The van der Waals surface area contributed by atoms with Crippen LogP contribution in [-0.4, -0.2) is 11.0 Å². The number of aromatic nitrogens is 1. The van der Waals surface area contributed by atoms with Gasteiger partial charge in [0, 0.05) is 0 Å². The van der Waals surface area contributed by atoms with Gasteiger partial charge in [-0.05, 0) is 43.0 Å². The summed E-state index contributed by atoms with van der Waals surface area (Å²) in [5.41, 5.74) is 3.56. The highest BCUT2D eigenvalue weighted by molar-refractivity contribution is 5.89. The van der Waals surface area contributed by atoms with Crippen LogP contribution >= 0.6 is 0 Å². The molecular formula is C19H17NO3. The van der Waals surface area contributed by atoms with E-state index in [0.29, 0.717) is 11.1 Å². The van der Waals surface area contributed by atoms with E-state index in [9.17, 15) is 9.59 Å². The van der Waals surface area contributed by atoms with Gasteiger partial charge in [0.2, 0.25) is 0 Å². The van der Waals surface area contributed by atoms with Gasteiger partial charge < -0.3 is 9.72 Å². The molecular weight excluding hydrogens is 290 g/mol. The van der Waals surface area contributed by atoms with Crippen LogP contribution in [0, 0.1) is 13.8 Å². The monoisotopic (exact) mass is 307 g/mol. The van der Waals surface area contributed by atoms with E-state index < -0.39 is 5.97 Å². The van der Waals surface area contributed by atoms with Gasteiger partial charge in [0.1, 0.15) is 6.61 Å². The number of esters is 1. The minimum Gasteiger partial charge on any atom is -0.457 e. The lowest BCUT2D eigenvalue weighted by molar-refractivity contribution is 0.0471. The number of benzene rings is 2. The second-order valence-corrected chi connectivity index (χ2v) is 5.60. The van der Waals surface area contributed by atoms with Gasteiger partial charge in [-0.15, -0.1) is 0 Å². The summed E-state index contributed by atoms with van der Waals surface area (Å²) in [6.07, 6.45) is 0. The van der Waals surface area contributed by atoms with Crippen LogP contribution in [0.15, 0.2) is 53.3 Å². The summed E-state index contributed by atoms with van der Waals surface area (Å²) in [7, 11) is 0. The van der Waals surface area contributed by atoms with E-state index in [-0.39, 0.29) is 12.2 Å². The van der Waals surface area contributed by atoms with E-state index in [0.717, 1.165) is 22.0 Å². The maximum Gasteiger partial charge on any atom is 0.338 e. The first kappa shape index (κ1) is 15.0. The fourth-order valence-corrected chi connectivity index (χ4v) is 2.45. The average Bonchev–Trinajstić information content (AvgIpc) is 2.54. The molecule has 4 nitrogen and oxygen atoms in total. The van der Waals surface area contributed by atoms with E-state index in [1.807, 2.05) is 44.2 Å². The lowest BCUT2D eigenvalue weighted by atomic mass is 10.1. The zero-order valence-electron chi connectivity index (χ0n) is 13.1. The lowest BCUT2D eigenvalue weighted by Crippen LogP contribution is -2.15. The number of carbonyl (C=O) groups excluding carboxylic acids is 1. The SMILES string of the molecule is Cc1ccc(C(=O)OCc2cc3cccc(C)c3[nH]c2=O)cc1. The Labute approximate surface area is 133 Å². The van der Waals surface area contributed by atoms with Gasteiger partial charge in [0.05, 0.1) is 16.6 Å². The van der Waals surface area contributed by atoms with Gasteiger partial charge in [0.15, 0.2) is 0 Å². The smallest absolute Gasteiger partial charge is 0.338 e. The highest BCUT2D eigenvalue weighted by Crippen LogP contribution is 2.15. The van der Waals surface area contributed by atoms with Crippen molar-refractivity contribution in [2.24, 2.45) is 0 Å². The normalized spacial score (nSPS) is 10.7. The van der Waals surface area contributed by atoms with E-state index in [1.165, 1.54) is 0 Å². The number of carbonyl (C=O) groups is 1. The van der Waals surface area contributed by atoms with Crippen LogP contribution in [0.3, 0.4) is 0 Å². The van der Waals surface area contributed by atoms with Crippen LogP contribution in [0.25, 0.3) is 10.9 Å². The van der Waals surface area contributed by atoms with Crippen molar-refractivity contribution in [2.75, 3.05) is 0 Å². The summed E-state index contributed by atoms with van der Waals surface area (Å²) < 4.78 is 5.26. The van der Waals surface area contributed by atoms with Crippen LogP contribution in [0.2, 0.25) is 0 Å². The van der Waals surface area contributed by atoms with Gasteiger partial charge >= 0.3 is 5.97 Å². The predicted molar refractivity (Wildman–Crippen MR) is 89.6 cm³/mol. The van der Waals surface area contributed by atoms with E-state index >= 15 is 0 Å². The molecule has 0 unspecified atom stereocenters. The molecule has 3 rings (SSSR count). The third-order valence-electron chi connectivity index (χ3n) is 3.81. The molecule has 0 aliphatic carbocycles. The molecule has 23 heavy (non-hydrogen) atoms. The molecule has 0 fully saturated rings. The molecule has 1 aromatic heterocycles. The van der Waals surface area contributed by atoms with Crippen LogP contribution in [0.1, 0.15) is 27.0 Å². The molecule has 0 radical (unpaired) electrons. The molecule has 1 N–H and O–H groups in total. The molecule has 116 valence electrons. The first-order valence-electron chi connectivity index (χ1n) is 7.40. The van der Waals surface area contributed by atoms with Crippen LogP contribution in [0.5, 0.6) is 0 Å². The predicted octanol–water partition coefficient (Wildman–Crippen LogP) is 3.50. The van der Waals surface area contributed by atoms with E-state index in [1.54, 1.807) is 18.2 Å². The zero-order chi connectivity index (χ0) is 16.4. The Morgan fingerprint density at radius 1 is 1.09 bits per heavy atom. The number of pyridine rings is 1. The van der Waals surface area contributed by atoms with Crippen LogP contribution in [-0.2, 0) is 11.3 Å². The number of hydrogen-bond acceptors (Lipinski definition) is 3. The van der Waals surface area contributed by atoms with Gasteiger partial charge in [-0.2, -0.15) is 0 Å². The summed E-state index contributed by atoms with van der Waals surface area (Å²) in [5, 5.41) is 0.922. The Morgan fingerprint density at radius 2 is 1.83 bits per heavy atom. The summed E-state index contributed by atoms with van der Waals surface area (Å²) in [6.45, 7) is 3.84. The Bertz CT molecular complexity index is 923. The first-order valence-corrected chi connectivity index (χ1v) is 7.40. The Balaban J connectivity index is 1.82. The van der Waals surface area contributed by atoms with Crippen molar-refractivity contribution in [3.8, 4) is 0 Å². The van der Waals surface area contributed by atoms with Gasteiger partial charge in [-0.1, -0.05) is 35.9 Å². The molecule has 0 saturated carbocycles. The molecule has 3 aromatic rings. The molecule has 0 aliphatic rings. The minimum absolute atomic E-state index is 0.0497. The average molecular weight is 307 g/mol. The molecule has 4 heteroatoms. The summed E-state index contributed by atoms with van der Waals surface area (Å²) in [5.74, 6) is -0.436. The standard InChI is InChI=1S/C19H17NO3/c1-12-6-8-14(9-7-12)19(22)23-11-16-10-15-5-3-4-13(2)17(15)20-18(16)21/h3-10H,11H2,1-2H3,(H,20,21). The molecule has 0 saturated heterocycles. The summed E-state index contributed by atoms with van der Waals surface area (Å²) in [6, 6.07) is 14.7. The molecule has 2 aromatic carbocycles. The number of fused-ring (bicyclic) bond motifs is 1. The summed E-state index contributed by atoms with van der Waals surface area (Å²) in [4.78, 5) is 27.0. The molecule has 1 heterocycles. The first-order chi connectivity index (χ1) is 11.0. The molecule has 0 aliphatic heterocycles. The number of H-pyrrole nitrogens is 1. The number of nitrogens with one attached hydrogen (secondary N) is 1. The molecule has 0 atom stereocenters. The minimum atomic E-state index is -0.436. The maximum absolute atomic E-state index is 12.1. The Morgan fingerprint density at radius 3 is 2.57 bits per heavy atom. The largest absolute Gasteiger partial charge is 0.457 e. The molecule has 0 spiro atoms. The Kier molecular flexibility index (Phi) is 3.98. The fraction of sp³-hybridized carbons (Fsp3) is 0.158. The van der Waals surface area contributed by atoms with Gasteiger partial charge in [0.25, 0.3) is 5.56 Å². The summed E-state index contributed by atoms with van der Waals surface area (Å²) >= 11 is 0. The second-order valence-electron chi connectivity index (χ2n) is 5.60. The van der Waals surface area contributed by atoms with Crippen LogP contribution < -0.4 is 5.56 Å². The Hall–Kier alpha value is -2.88. The van der Waals surface area contributed by atoms with Crippen molar-refractivity contribution in [3.63, 3.8) is 0 Å². The zero-order valence-corrected chi connectivity index (χ0v) is 13.1. The lowest BCUT2D eigenvalue weighted by Gasteiger charge is -2.07. The van der Waals surface area contributed by atoms with Gasteiger partial charge in [-0.3, -0.25) is 4.79 Å². The van der Waals surface area contributed by atoms with E-state index in [2.05, 4.69) is 4.98 Å². The quantitative estimate of drug-likeness (QED) is 0.753. The highest BCUT2D eigenvalue weighted by atomic mass is 16.5. The number of aryl methyl sites for hydroxylation is 2. The van der Waals surface area contributed by atoms with Crippen molar-refractivity contribution < 1.29 is 9.53 Å². The van der Waals surface area contributed by atoms with Gasteiger partial charge in [-0.25, -0.2) is 4.79 Å². The van der Waals surface area contributed by atoms with Crippen molar-refractivity contribution in [1.29, 1.82) is 0 Å². The topological polar surface area (TPSA) is 59.2 Å². The van der Waals surface area contributed by atoms with Crippen molar-refractivity contribution >= 4 is 16.9 Å². The second kappa shape index (κ2) is 6.08. The third-order valence-corrected chi connectivity index (χ3v) is 3.81. The van der Waals surface area contributed by atoms with Crippen LogP contribution in [0.4, 0.5) is 0 Å². The third kappa shape index (κ3) is 3.16. The van der Waals surface area contributed by atoms with E-state index in [4.69, 9.17) is 4.74 Å². The molecule has 0 bridgehead atoms. The maximum atomic E-state index is 12.1. The number of hydrogen-bond donors (Lipinski definition) is 1.